The summed E-state index contributed by atoms with van der Waals surface area (Å²) < 4.78 is 1.86. The highest BCUT2D eigenvalue weighted by molar-refractivity contribution is 8.00. The molecule has 0 radical (unpaired) electrons. The zero-order chi connectivity index (χ0) is 22.9. The van der Waals surface area contributed by atoms with Crippen molar-refractivity contribution >= 4 is 35.0 Å². The molecule has 2 N–H and O–H groups in total. The van der Waals surface area contributed by atoms with Gasteiger partial charge in [0.15, 0.2) is 5.82 Å². The summed E-state index contributed by atoms with van der Waals surface area (Å²) in [5.74, 6) is 0.599. The molecule has 33 heavy (non-hydrogen) atoms. The molecule has 1 amide bonds. The number of carbonyl (C=O) groups is 1. The van der Waals surface area contributed by atoms with E-state index in [1.54, 1.807) is 0 Å². The van der Waals surface area contributed by atoms with Crippen LogP contribution in [-0.4, -0.2) is 26.0 Å². The van der Waals surface area contributed by atoms with Crippen molar-refractivity contribution in [2.45, 2.75) is 30.3 Å². The number of anilines is 1. The zero-order valence-electron chi connectivity index (χ0n) is 18.1. The summed E-state index contributed by atoms with van der Waals surface area (Å²) in [7, 11) is 0. The number of nitrogens with zero attached hydrogens (tertiary/aromatic N) is 3. The maximum Gasteiger partial charge on any atom is 0.240 e. The van der Waals surface area contributed by atoms with Gasteiger partial charge in [-0.2, -0.15) is 0 Å². The Kier molecular flexibility index (Phi) is 5.83. The number of rotatable bonds is 4. The summed E-state index contributed by atoms with van der Waals surface area (Å²) in [6, 6.07) is 23.1. The summed E-state index contributed by atoms with van der Waals surface area (Å²) in [5.41, 5.74) is 8.30. The Balaban J connectivity index is 1.52. The van der Waals surface area contributed by atoms with Crippen LogP contribution in [0.1, 0.15) is 22.7 Å². The minimum absolute atomic E-state index is 0.100. The number of thioether (sulfide) groups is 1. The largest absolute Gasteiger partial charge is 0.325 e. The van der Waals surface area contributed by atoms with Crippen LogP contribution < -0.4 is 10.7 Å². The van der Waals surface area contributed by atoms with E-state index in [0.29, 0.717) is 16.0 Å². The highest BCUT2D eigenvalue weighted by atomic mass is 35.5. The van der Waals surface area contributed by atoms with Gasteiger partial charge in [-0.25, -0.2) is 4.68 Å². The molecule has 0 saturated carbocycles. The third-order valence-corrected chi connectivity index (χ3v) is 7.07. The standard InChI is InChI=1S/C25H22ClN5OS/c1-15-8-9-16(2)20(14-15)27-24(32)22-21(17-10-12-19(26)13-11-17)30-31-23(28-29-25(31)33-22)18-6-4-3-5-7-18/h3-14,21-22,30H,1-2H3,(H,27,32)/t21-,22-/m1/s1. The topological polar surface area (TPSA) is 71.8 Å². The number of benzene rings is 3. The lowest BCUT2D eigenvalue weighted by atomic mass is 10.0. The molecule has 4 aromatic rings. The summed E-state index contributed by atoms with van der Waals surface area (Å²) in [6.45, 7) is 4.00. The second-order valence-corrected chi connectivity index (χ2v) is 9.56. The third kappa shape index (κ3) is 4.34. The molecule has 0 saturated heterocycles. The maximum atomic E-state index is 13.5. The molecule has 2 heterocycles. The molecule has 2 atom stereocenters. The van der Waals surface area contributed by atoms with Crippen LogP contribution in [0.2, 0.25) is 5.02 Å². The summed E-state index contributed by atoms with van der Waals surface area (Å²) in [5, 5.41) is 12.7. The average Bonchev–Trinajstić information content (AvgIpc) is 3.25. The maximum absolute atomic E-state index is 13.5. The number of nitrogens with one attached hydrogen (secondary N) is 2. The lowest BCUT2D eigenvalue weighted by Gasteiger charge is -2.33. The fourth-order valence-corrected chi connectivity index (χ4v) is 5.03. The number of aryl methyl sites for hydroxylation is 2. The molecular formula is C25H22ClN5OS. The van der Waals surface area contributed by atoms with Crippen LogP contribution in [0.15, 0.2) is 78.0 Å². The number of aromatic nitrogens is 3. The van der Waals surface area contributed by atoms with Gasteiger partial charge in [-0.15, -0.1) is 10.2 Å². The lowest BCUT2D eigenvalue weighted by Crippen LogP contribution is -2.41. The first-order valence-electron chi connectivity index (χ1n) is 10.6. The van der Waals surface area contributed by atoms with Crippen molar-refractivity contribution in [1.29, 1.82) is 0 Å². The van der Waals surface area contributed by atoms with Gasteiger partial charge in [0.2, 0.25) is 11.1 Å². The molecule has 5 rings (SSSR count). The molecule has 1 aliphatic rings. The molecule has 166 valence electrons. The normalized spacial score (nSPS) is 17.2. The molecule has 0 unspecified atom stereocenters. The van der Waals surface area contributed by atoms with Gasteiger partial charge >= 0.3 is 0 Å². The van der Waals surface area contributed by atoms with Crippen LogP contribution in [0, 0.1) is 13.8 Å². The number of halogens is 1. The van der Waals surface area contributed by atoms with E-state index in [1.807, 2.05) is 91.3 Å². The molecular weight excluding hydrogens is 454 g/mol. The van der Waals surface area contributed by atoms with Crippen LogP contribution >= 0.6 is 23.4 Å². The Morgan fingerprint density at radius 2 is 1.79 bits per heavy atom. The van der Waals surface area contributed by atoms with Gasteiger partial charge in [0, 0.05) is 16.3 Å². The van der Waals surface area contributed by atoms with Crippen molar-refractivity contribution < 1.29 is 4.79 Å². The summed E-state index contributed by atoms with van der Waals surface area (Å²) in [6.07, 6.45) is 0. The van der Waals surface area contributed by atoms with E-state index in [9.17, 15) is 4.79 Å². The fourth-order valence-electron chi connectivity index (χ4n) is 3.82. The van der Waals surface area contributed by atoms with Gasteiger partial charge < -0.3 is 10.7 Å². The predicted octanol–water partition coefficient (Wildman–Crippen LogP) is 5.61. The first kappa shape index (κ1) is 21.6. The van der Waals surface area contributed by atoms with Crippen LogP contribution in [-0.2, 0) is 4.79 Å². The Labute approximate surface area is 201 Å². The minimum atomic E-state index is -0.466. The van der Waals surface area contributed by atoms with Gasteiger partial charge in [0.05, 0.1) is 6.04 Å². The van der Waals surface area contributed by atoms with E-state index in [0.717, 1.165) is 27.9 Å². The number of fused-ring (bicyclic) bond motifs is 1. The summed E-state index contributed by atoms with van der Waals surface area (Å²) in [4.78, 5) is 13.5. The highest BCUT2D eigenvalue weighted by Crippen LogP contribution is 2.39. The number of hydrogen-bond acceptors (Lipinski definition) is 5. The van der Waals surface area contributed by atoms with Crippen molar-refractivity contribution in [3.05, 3.63) is 94.5 Å². The SMILES string of the molecule is Cc1ccc(C)c(NC(=O)[C@@H]2Sc3nnc(-c4ccccc4)n3N[C@@H]2c2ccc(Cl)cc2)c1. The van der Waals surface area contributed by atoms with E-state index in [-0.39, 0.29) is 11.9 Å². The zero-order valence-corrected chi connectivity index (χ0v) is 19.7. The Bertz CT molecular complexity index is 1310. The lowest BCUT2D eigenvalue weighted by molar-refractivity contribution is -0.116. The fraction of sp³-hybridized carbons (Fsp3) is 0.160. The van der Waals surface area contributed by atoms with Crippen molar-refractivity contribution in [1.82, 2.24) is 14.9 Å². The van der Waals surface area contributed by atoms with Crippen molar-refractivity contribution in [3.8, 4) is 11.4 Å². The van der Waals surface area contributed by atoms with Crippen molar-refractivity contribution in [2.24, 2.45) is 0 Å². The van der Waals surface area contributed by atoms with Crippen molar-refractivity contribution in [3.63, 3.8) is 0 Å². The van der Waals surface area contributed by atoms with Crippen LogP contribution in [0.4, 0.5) is 5.69 Å². The second-order valence-electron chi connectivity index (χ2n) is 8.01. The molecule has 0 bridgehead atoms. The predicted molar refractivity (Wildman–Crippen MR) is 133 cm³/mol. The number of carbonyl (C=O) groups excluding carboxylic acids is 1. The smallest absolute Gasteiger partial charge is 0.240 e. The highest BCUT2D eigenvalue weighted by Gasteiger charge is 2.38. The summed E-state index contributed by atoms with van der Waals surface area (Å²) >= 11 is 7.53. The number of hydrogen-bond donors (Lipinski definition) is 2. The Hall–Kier alpha value is -3.29. The van der Waals surface area contributed by atoms with E-state index in [1.165, 1.54) is 11.8 Å². The van der Waals surface area contributed by atoms with E-state index in [2.05, 4.69) is 20.9 Å². The van der Waals surface area contributed by atoms with Gasteiger partial charge in [0.1, 0.15) is 5.25 Å². The van der Waals surface area contributed by atoms with Gasteiger partial charge in [0.25, 0.3) is 0 Å². The van der Waals surface area contributed by atoms with Gasteiger partial charge in [-0.05, 0) is 48.7 Å². The average molecular weight is 476 g/mol. The third-order valence-electron chi connectivity index (χ3n) is 5.61. The molecule has 0 fully saturated rings. The van der Waals surface area contributed by atoms with Gasteiger partial charge in [-0.1, -0.05) is 78.0 Å². The molecule has 0 spiro atoms. The second kappa shape index (κ2) is 8.92. The first-order valence-corrected chi connectivity index (χ1v) is 11.8. The molecule has 3 aromatic carbocycles. The van der Waals surface area contributed by atoms with Crippen LogP contribution in [0.25, 0.3) is 11.4 Å². The molecule has 1 aromatic heterocycles. The molecule has 1 aliphatic heterocycles. The van der Waals surface area contributed by atoms with E-state index >= 15 is 0 Å². The van der Waals surface area contributed by atoms with E-state index in [4.69, 9.17) is 11.6 Å². The van der Waals surface area contributed by atoms with Crippen LogP contribution in [0.3, 0.4) is 0 Å². The monoisotopic (exact) mass is 475 g/mol. The number of amides is 1. The quantitative estimate of drug-likeness (QED) is 0.401. The van der Waals surface area contributed by atoms with E-state index < -0.39 is 5.25 Å². The van der Waals surface area contributed by atoms with Crippen LogP contribution in [0.5, 0.6) is 0 Å². The first-order chi connectivity index (χ1) is 16.0. The van der Waals surface area contributed by atoms with Gasteiger partial charge in [-0.3, -0.25) is 4.79 Å². The molecule has 0 aliphatic carbocycles. The molecule has 6 nitrogen and oxygen atoms in total. The molecule has 8 heteroatoms. The Morgan fingerprint density at radius 3 is 2.55 bits per heavy atom. The minimum Gasteiger partial charge on any atom is -0.325 e. The van der Waals surface area contributed by atoms with Crippen molar-refractivity contribution in [2.75, 3.05) is 10.7 Å². The Morgan fingerprint density at radius 1 is 1.03 bits per heavy atom.